The normalized spacial score (nSPS) is 18.5. The Kier molecular flexibility index (Phi) is 5.52. The summed E-state index contributed by atoms with van der Waals surface area (Å²) in [6, 6.07) is 1.77. The number of amides is 2. The lowest BCUT2D eigenvalue weighted by Gasteiger charge is -2.40. The maximum atomic E-state index is 12.7. The molecule has 0 saturated carbocycles. The molecule has 1 fully saturated rings. The van der Waals surface area contributed by atoms with Crippen molar-refractivity contribution in [2.75, 3.05) is 19.6 Å². The van der Waals surface area contributed by atoms with Gasteiger partial charge in [0.05, 0.1) is 0 Å². The zero-order chi connectivity index (χ0) is 18.1. The summed E-state index contributed by atoms with van der Waals surface area (Å²) >= 11 is 3.40. The molecule has 1 atom stereocenters. The Morgan fingerprint density at radius 3 is 2.54 bits per heavy atom. The fraction of sp³-hybridized carbons (Fsp3) is 0.588. The molecule has 2 rings (SSSR count). The first kappa shape index (κ1) is 18.7. The van der Waals surface area contributed by atoms with Crippen LogP contribution in [0.25, 0.3) is 0 Å². The number of carbonyl (C=O) groups is 2. The largest absolute Gasteiger partial charge is 0.444 e. The highest BCUT2D eigenvalue weighted by atomic mass is 79.9. The van der Waals surface area contributed by atoms with E-state index in [-0.39, 0.29) is 18.0 Å². The van der Waals surface area contributed by atoms with Crippen LogP contribution in [-0.2, 0) is 4.74 Å². The molecule has 1 aromatic rings. The van der Waals surface area contributed by atoms with Gasteiger partial charge in [0.15, 0.2) is 0 Å². The first-order chi connectivity index (χ1) is 11.1. The Morgan fingerprint density at radius 1 is 1.33 bits per heavy atom. The van der Waals surface area contributed by atoms with Crippen LogP contribution in [0.5, 0.6) is 0 Å². The Balaban J connectivity index is 2.05. The van der Waals surface area contributed by atoms with Crippen molar-refractivity contribution in [1.82, 2.24) is 14.8 Å². The molecule has 6 nitrogen and oxygen atoms in total. The van der Waals surface area contributed by atoms with Crippen LogP contribution in [0.4, 0.5) is 4.79 Å². The van der Waals surface area contributed by atoms with E-state index in [4.69, 9.17) is 4.74 Å². The van der Waals surface area contributed by atoms with Crippen molar-refractivity contribution in [3.8, 4) is 0 Å². The van der Waals surface area contributed by atoms with Gasteiger partial charge in [-0.15, -0.1) is 0 Å². The molecule has 2 amide bonds. The lowest BCUT2D eigenvalue weighted by atomic mass is 10.1. The van der Waals surface area contributed by atoms with Crippen LogP contribution in [0.3, 0.4) is 0 Å². The van der Waals surface area contributed by atoms with Gasteiger partial charge < -0.3 is 14.5 Å². The second kappa shape index (κ2) is 7.09. The number of hydrogen-bond donors (Lipinski definition) is 0. The minimum absolute atomic E-state index is 0.109. The zero-order valence-electron chi connectivity index (χ0n) is 14.8. The van der Waals surface area contributed by atoms with Crippen LogP contribution < -0.4 is 0 Å². The summed E-state index contributed by atoms with van der Waals surface area (Å²) < 4.78 is 6.11. The minimum Gasteiger partial charge on any atom is -0.444 e. The number of rotatable bonds is 1. The number of aromatic nitrogens is 1. The van der Waals surface area contributed by atoms with Crippen molar-refractivity contribution >= 4 is 27.9 Å². The molecule has 7 heteroatoms. The molecule has 0 aliphatic carbocycles. The van der Waals surface area contributed by atoms with E-state index in [1.165, 1.54) is 0 Å². The highest BCUT2D eigenvalue weighted by Crippen LogP contribution is 2.21. The van der Waals surface area contributed by atoms with Crippen molar-refractivity contribution in [3.05, 3.63) is 28.0 Å². The van der Waals surface area contributed by atoms with E-state index in [1.54, 1.807) is 16.0 Å². The van der Waals surface area contributed by atoms with Gasteiger partial charge in [0.25, 0.3) is 5.91 Å². The van der Waals surface area contributed by atoms with Crippen LogP contribution >= 0.6 is 15.9 Å². The lowest BCUT2D eigenvalue weighted by Crippen LogP contribution is -2.56. The van der Waals surface area contributed by atoms with Gasteiger partial charge in [-0.25, -0.2) is 9.78 Å². The number of carbonyl (C=O) groups excluding carboxylic acids is 2. The smallest absolute Gasteiger partial charge is 0.410 e. The highest BCUT2D eigenvalue weighted by Gasteiger charge is 2.33. The maximum absolute atomic E-state index is 12.7. The standard InChI is InChI=1S/C17H24BrN3O3/c1-11-8-13(18)14(19-9-11)15(22)20-6-7-21(12(2)10-20)16(23)24-17(3,4)5/h8-9,12H,6-7,10H2,1-5H3. The molecule has 0 spiro atoms. The third kappa shape index (κ3) is 4.47. The van der Waals surface area contributed by atoms with E-state index in [9.17, 15) is 9.59 Å². The Hall–Kier alpha value is -1.63. The van der Waals surface area contributed by atoms with E-state index in [2.05, 4.69) is 20.9 Å². The molecule has 1 saturated heterocycles. The van der Waals surface area contributed by atoms with E-state index >= 15 is 0 Å². The summed E-state index contributed by atoms with van der Waals surface area (Å²) in [5.41, 5.74) is 0.862. The minimum atomic E-state index is -0.527. The lowest BCUT2D eigenvalue weighted by molar-refractivity contribution is 0.00188. The fourth-order valence-corrected chi connectivity index (χ4v) is 3.21. The first-order valence-corrected chi connectivity index (χ1v) is 8.79. The summed E-state index contributed by atoms with van der Waals surface area (Å²) in [7, 11) is 0. The Labute approximate surface area is 151 Å². The highest BCUT2D eigenvalue weighted by molar-refractivity contribution is 9.10. The van der Waals surface area contributed by atoms with E-state index in [1.807, 2.05) is 40.7 Å². The monoisotopic (exact) mass is 397 g/mol. The molecule has 0 radical (unpaired) electrons. The summed E-state index contributed by atoms with van der Waals surface area (Å²) in [6.45, 7) is 10.7. The number of pyridine rings is 1. The quantitative estimate of drug-likeness (QED) is 0.729. The molecule has 0 N–H and O–H groups in total. The molecule has 1 aliphatic heterocycles. The predicted octanol–water partition coefficient (Wildman–Crippen LogP) is 3.23. The number of piperazine rings is 1. The third-order valence-electron chi connectivity index (χ3n) is 3.72. The second-order valence-corrected chi connectivity index (χ2v) is 7.97. The number of aryl methyl sites for hydroxylation is 1. The summed E-state index contributed by atoms with van der Waals surface area (Å²) in [4.78, 5) is 32.6. The van der Waals surface area contributed by atoms with Crippen molar-refractivity contribution < 1.29 is 14.3 Å². The van der Waals surface area contributed by atoms with Crippen molar-refractivity contribution in [1.29, 1.82) is 0 Å². The number of halogens is 1. The molecule has 1 aromatic heterocycles. The van der Waals surface area contributed by atoms with Gasteiger partial charge >= 0.3 is 6.09 Å². The topological polar surface area (TPSA) is 62.7 Å². The fourth-order valence-electron chi connectivity index (χ4n) is 2.57. The van der Waals surface area contributed by atoms with Crippen LogP contribution in [-0.4, -0.2) is 58.1 Å². The third-order valence-corrected chi connectivity index (χ3v) is 4.33. The molecular weight excluding hydrogens is 374 g/mol. The van der Waals surface area contributed by atoms with Gasteiger partial charge in [-0.05, 0) is 62.2 Å². The molecular formula is C17H24BrN3O3. The zero-order valence-corrected chi connectivity index (χ0v) is 16.4. The summed E-state index contributed by atoms with van der Waals surface area (Å²) in [6.07, 6.45) is 1.34. The van der Waals surface area contributed by atoms with Gasteiger partial charge in [0, 0.05) is 36.3 Å². The average Bonchev–Trinajstić information content (AvgIpc) is 2.44. The molecule has 24 heavy (non-hydrogen) atoms. The first-order valence-electron chi connectivity index (χ1n) is 7.99. The van der Waals surface area contributed by atoms with Crippen molar-refractivity contribution in [2.45, 2.75) is 46.3 Å². The van der Waals surface area contributed by atoms with Crippen LogP contribution in [0.15, 0.2) is 16.7 Å². The van der Waals surface area contributed by atoms with Gasteiger partial charge in [0.1, 0.15) is 11.3 Å². The summed E-state index contributed by atoms with van der Waals surface area (Å²) in [5, 5.41) is 0. The molecule has 1 unspecified atom stereocenters. The SMILES string of the molecule is Cc1cnc(C(=O)N2CCN(C(=O)OC(C)(C)C)C(C)C2)c(Br)c1. The molecule has 2 heterocycles. The Bertz CT molecular complexity index is 642. The van der Waals surface area contributed by atoms with E-state index < -0.39 is 5.60 Å². The van der Waals surface area contributed by atoms with Crippen molar-refractivity contribution in [2.24, 2.45) is 0 Å². The number of nitrogens with zero attached hydrogens (tertiary/aromatic N) is 3. The van der Waals surface area contributed by atoms with Gasteiger partial charge in [-0.1, -0.05) is 0 Å². The molecule has 0 bridgehead atoms. The molecule has 132 valence electrons. The maximum Gasteiger partial charge on any atom is 0.410 e. The molecule has 1 aliphatic rings. The summed E-state index contributed by atoms with van der Waals surface area (Å²) in [5.74, 6) is -0.127. The number of ether oxygens (including phenoxy) is 1. The molecule has 0 aromatic carbocycles. The average molecular weight is 398 g/mol. The van der Waals surface area contributed by atoms with E-state index in [0.717, 1.165) is 5.56 Å². The number of hydrogen-bond acceptors (Lipinski definition) is 4. The van der Waals surface area contributed by atoms with E-state index in [0.29, 0.717) is 29.8 Å². The second-order valence-electron chi connectivity index (χ2n) is 7.12. The van der Waals surface area contributed by atoms with Crippen LogP contribution in [0, 0.1) is 6.92 Å². The van der Waals surface area contributed by atoms with Crippen molar-refractivity contribution in [3.63, 3.8) is 0 Å². The van der Waals surface area contributed by atoms with Crippen LogP contribution in [0.2, 0.25) is 0 Å². The predicted molar refractivity (Wildman–Crippen MR) is 95.0 cm³/mol. The Morgan fingerprint density at radius 2 is 2.00 bits per heavy atom. The van der Waals surface area contributed by atoms with Gasteiger partial charge in [-0.3, -0.25) is 4.79 Å². The van der Waals surface area contributed by atoms with Crippen LogP contribution in [0.1, 0.15) is 43.7 Å². The van der Waals surface area contributed by atoms with Gasteiger partial charge in [-0.2, -0.15) is 0 Å². The van der Waals surface area contributed by atoms with Gasteiger partial charge in [0.2, 0.25) is 0 Å².